The second-order valence-corrected chi connectivity index (χ2v) is 7.68. The maximum atomic E-state index is 12.7. The van der Waals surface area contributed by atoms with Crippen molar-refractivity contribution in [2.45, 2.75) is 6.92 Å². The number of nitrogens with one attached hydrogen (secondary N) is 1. The Kier molecular flexibility index (Phi) is 8.09. The molecule has 1 saturated heterocycles. The van der Waals surface area contributed by atoms with Gasteiger partial charge in [0.2, 0.25) is 5.91 Å². The van der Waals surface area contributed by atoms with Crippen molar-refractivity contribution in [2.24, 2.45) is 0 Å². The Balaban J connectivity index is 1.67. The van der Waals surface area contributed by atoms with E-state index in [4.69, 9.17) is 14.2 Å². The molecule has 1 N–H and O–H groups in total. The number of carbonyl (C=O) groups excluding carboxylic acids is 4. The van der Waals surface area contributed by atoms with Crippen molar-refractivity contribution < 1.29 is 33.4 Å². The summed E-state index contributed by atoms with van der Waals surface area (Å²) in [5.41, 5.74) is 1.15. The molecule has 0 radical (unpaired) electrons. The minimum atomic E-state index is -0.560. The lowest BCUT2D eigenvalue weighted by Crippen LogP contribution is -2.36. The van der Waals surface area contributed by atoms with Crippen molar-refractivity contribution in [3.05, 3.63) is 59.0 Å². The number of hydrogen-bond acceptors (Lipinski definition) is 8. The Labute approximate surface area is 194 Å². The number of ether oxygens (including phenoxy) is 3. The summed E-state index contributed by atoms with van der Waals surface area (Å²) in [5, 5.41) is 2.11. The van der Waals surface area contributed by atoms with E-state index in [2.05, 4.69) is 5.32 Å². The third-order valence-electron chi connectivity index (χ3n) is 4.37. The van der Waals surface area contributed by atoms with Gasteiger partial charge in [0.05, 0.1) is 18.6 Å². The van der Waals surface area contributed by atoms with Gasteiger partial charge in [-0.25, -0.2) is 4.79 Å². The van der Waals surface area contributed by atoms with Gasteiger partial charge in [0.15, 0.2) is 18.1 Å². The molecule has 3 rings (SSSR count). The van der Waals surface area contributed by atoms with Gasteiger partial charge in [-0.2, -0.15) is 0 Å². The van der Waals surface area contributed by atoms with E-state index in [1.807, 2.05) is 6.07 Å². The second kappa shape index (κ2) is 11.2. The Hall–Kier alpha value is -3.79. The van der Waals surface area contributed by atoms with Gasteiger partial charge in [-0.3, -0.25) is 19.3 Å². The number of rotatable bonds is 9. The largest absolute Gasteiger partial charge is 0.493 e. The van der Waals surface area contributed by atoms with Crippen molar-refractivity contribution in [3.63, 3.8) is 0 Å². The summed E-state index contributed by atoms with van der Waals surface area (Å²) in [7, 11) is 1.44. The van der Waals surface area contributed by atoms with Crippen LogP contribution in [0.15, 0.2) is 53.4 Å². The van der Waals surface area contributed by atoms with E-state index >= 15 is 0 Å². The molecular weight excluding hydrogens is 448 g/mol. The molecule has 0 spiro atoms. The molecule has 2 aromatic carbocycles. The fourth-order valence-corrected chi connectivity index (χ4v) is 3.72. The average Bonchev–Trinajstić information content (AvgIpc) is 3.06. The number of nitrogens with zero attached hydrogens (tertiary/aromatic N) is 1. The molecule has 0 aromatic heterocycles. The van der Waals surface area contributed by atoms with E-state index in [9.17, 15) is 19.2 Å². The van der Waals surface area contributed by atoms with Gasteiger partial charge in [0.1, 0.15) is 6.54 Å². The fraction of sp³-hybridized carbons (Fsp3) is 0.217. The predicted octanol–water partition coefficient (Wildman–Crippen LogP) is 3.31. The van der Waals surface area contributed by atoms with Crippen LogP contribution in [0.25, 0.3) is 6.08 Å². The van der Waals surface area contributed by atoms with Crippen LogP contribution in [0.3, 0.4) is 0 Å². The summed E-state index contributed by atoms with van der Waals surface area (Å²) in [6.07, 6.45) is 1.53. The van der Waals surface area contributed by atoms with Crippen molar-refractivity contribution in [1.29, 1.82) is 0 Å². The van der Waals surface area contributed by atoms with Gasteiger partial charge in [0.25, 0.3) is 11.1 Å². The SMILES string of the molecule is CCOC(=O)COc1ccc(/C=C2\SC(=O)N(CC(=O)Nc3ccccc3)C2=O)cc1OC. The van der Waals surface area contributed by atoms with Crippen LogP contribution in [0.4, 0.5) is 10.5 Å². The first-order chi connectivity index (χ1) is 15.9. The zero-order chi connectivity index (χ0) is 23.8. The number of methoxy groups -OCH3 is 1. The highest BCUT2D eigenvalue weighted by atomic mass is 32.2. The summed E-state index contributed by atoms with van der Waals surface area (Å²) >= 11 is 0.747. The molecule has 9 nitrogen and oxygen atoms in total. The monoisotopic (exact) mass is 470 g/mol. The molecule has 0 unspecified atom stereocenters. The Morgan fingerprint density at radius 3 is 2.55 bits per heavy atom. The quantitative estimate of drug-likeness (QED) is 0.439. The van der Waals surface area contributed by atoms with E-state index in [1.165, 1.54) is 13.2 Å². The first-order valence-electron chi connectivity index (χ1n) is 9.98. The van der Waals surface area contributed by atoms with Gasteiger partial charge in [-0.1, -0.05) is 24.3 Å². The number of imide groups is 1. The van der Waals surface area contributed by atoms with Crippen molar-refractivity contribution in [3.8, 4) is 11.5 Å². The Morgan fingerprint density at radius 2 is 1.85 bits per heavy atom. The van der Waals surface area contributed by atoms with E-state index in [0.29, 0.717) is 22.7 Å². The first kappa shape index (κ1) is 23.9. The minimum Gasteiger partial charge on any atom is -0.493 e. The maximum Gasteiger partial charge on any atom is 0.344 e. The predicted molar refractivity (Wildman–Crippen MR) is 123 cm³/mol. The molecule has 1 aliphatic heterocycles. The van der Waals surface area contributed by atoms with Crippen LogP contribution in [-0.4, -0.2) is 54.8 Å². The molecule has 3 amide bonds. The van der Waals surface area contributed by atoms with Gasteiger partial charge < -0.3 is 19.5 Å². The molecular formula is C23H22N2O7S. The molecule has 10 heteroatoms. The molecule has 1 aliphatic rings. The van der Waals surface area contributed by atoms with E-state index < -0.39 is 23.0 Å². The van der Waals surface area contributed by atoms with E-state index in [0.717, 1.165) is 16.7 Å². The molecule has 33 heavy (non-hydrogen) atoms. The topological polar surface area (TPSA) is 111 Å². The number of carbonyl (C=O) groups is 4. The van der Waals surface area contributed by atoms with Crippen LogP contribution in [-0.2, 0) is 19.1 Å². The van der Waals surface area contributed by atoms with Gasteiger partial charge >= 0.3 is 5.97 Å². The molecule has 172 valence electrons. The standard InChI is InChI=1S/C23H22N2O7S/c1-3-31-21(27)14-32-17-10-9-15(11-18(17)30-2)12-19-22(28)25(23(29)33-19)13-20(26)24-16-7-5-4-6-8-16/h4-12H,3,13-14H2,1-2H3,(H,24,26)/b19-12-. The maximum absolute atomic E-state index is 12.7. The summed E-state index contributed by atoms with van der Waals surface area (Å²) < 4.78 is 15.5. The Bertz CT molecular complexity index is 1090. The molecule has 0 aliphatic carbocycles. The third-order valence-corrected chi connectivity index (χ3v) is 5.28. The number of esters is 1. The van der Waals surface area contributed by atoms with Crippen molar-refractivity contribution in [1.82, 2.24) is 4.90 Å². The molecule has 0 bridgehead atoms. The first-order valence-corrected chi connectivity index (χ1v) is 10.8. The van der Waals surface area contributed by atoms with E-state index in [1.54, 1.807) is 49.4 Å². The second-order valence-electron chi connectivity index (χ2n) is 6.69. The fourth-order valence-electron chi connectivity index (χ4n) is 2.89. The highest BCUT2D eigenvalue weighted by Crippen LogP contribution is 2.34. The highest BCUT2D eigenvalue weighted by molar-refractivity contribution is 8.18. The lowest BCUT2D eigenvalue weighted by molar-refractivity contribution is -0.145. The van der Waals surface area contributed by atoms with Crippen LogP contribution >= 0.6 is 11.8 Å². The molecule has 0 saturated carbocycles. The van der Waals surface area contributed by atoms with Gasteiger partial charge in [-0.05, 0) is 54.6 Å². The third kappa shape index (κ3) is 6.36. The van der Waals surface area contributed by atoms with E-state index in [-0.39, 0.29) is 24.7 Å². The van der Waals surface area contributed by atoms with Crippen molar-refractivity contribution >= 4 is 46.5 Å². The molecule has 2 aromatic rings. The lowest BCUT2D eigenvalue weighted by atomic mass is 10.2. The summed E-state index contributed by atoms with van der Waals surface area (Å²) in [6.45, 7) is 1.29. The summed E-state index contributed by atoms with van der Waals surface area (Å²) in [6, 6.07) is 13.6. The van der Waals surface area contributed by atoms with Crippen molar-refractivity contribution in [2.75, 3.05) is 32.2 Å². The lowest BCUT2D eigenvalue weighted by Gasteiger charge is -2.12. The van der Waals surface area contributed by atoms with Crippen LogP contribution in [0.2, 0.25) is 0 Å². The zero-order valence-corrected chi connectivity index (χ0v) is 18.8. The van der Waals surface area contributed by atoms with Crippen LogP contribution < -0.4 is 14.8 Å². The zero-order valence-electron chi connectivity index (χ0n) is 18.0. The number of hydrogen-bond donors (Lipinski definition) is 1. The smallest absolute Gasteiger partial charge is 0.344 e. The number of amides is 3. The molecule has 1 fully saturated rings. The number of benzene rings is 2. The summed E-state index contributed by atoms with van der Waals surface area (Å²) in [5.74, 6) is -0.874. The van der Waals surface area contributed by atoms with Crippen LogP contribution in [0, 0.1) is 0 Å². The van der Waals surface area contributed by atoms with Gasteiger partial charge in [-0.15, -0.1) is 0 Å². The number of thioether (sulfide) groups is 1. The number of anilines is 1. The van der Waals surface area contributed by atoms with Gasteiger partial charge in [0, 0.05) is 5.69 Å². The van der Waals surface area contributed by atoms with Crippen LogP contribution in [0.5, 0.6) is 11.5 Å². The average molecular weight is 471 g/mol. The highest BCUT2D eigenvalue weighted by Gasteiger charge is 2.36. The number of para-hydroxylation sites is 1. The normalized spacial score (nSPS) is 14.4. The molecule has 0 atom stereocenters. The summed E-state index contributed by atoms with van der Waals surface area (Å²) in [4.78, 5) is 49.8. The minimum absolute atomic E-state index is 0.176. The Morgan fingerprint density at radius 1 is 1.09 bits per heavy atom. The van der Waals surface area contributed by atoms with Crippen LogP contribution in [0.1, 0.15) is 12.5 Å². The molecule has 1 heterocycles.